The Morgan fingerprint density at radius 3 is 2.91 bits per heavy atom. The van der Waals surface area contributed by atoms with Gasteiger partial charge in [0.2, 0.25) is 5.91 Å². The highest BCUT2D eigenvalue weighted by atomic mass is 35.5. The topological polar surface area (TPSA) is 81.3 Å². The second kappa shape index (κ2) is 7.04. The fraction of sp³-hybridized carbons (Fsp3) is 0.357. The smallest absolute Gasteiger partial charge is 0.250 e. The molecule has 2 heterocycles. The molecule has 2 aromatic heterocycles. The van der Waals surface area contributed by atoms with Crippen LogP contribution in [-0.2, 0) is 11.3 Å². The molecule has 0 bridgehead atoms. The second-order valence-electron chi connectivity index (χ2n) is 4.80. The first-order valence-corrected chi connectivity index (χ1v) is 7.81. The fourth-order valence-electron chi connectivity index (χ4n) is 1.85. The number of ether oxygens (including phenoxy) is 1. The van der Waals surface area contributed by atoms with Gasteiger partial charge >= 0.3 is 0 Å². The molecule has 0 fully saturated rings. The minimum absolute atomic E-state index is 0.0272. The third-order valence-electron chi connectivity index (χ3n) is 3.14. The molecule has 1 atom stereocenters. The Labute approximate surface area is 137 Å². The number of anilines is 1. The Morgan fingerprint density at radius 2 is 2.32 bits per heavy atom. The summed E-state index contributed by atoms with van der Waals surface area (Å²) in [4.78, 5) is 21.7. The van der Waals surface area contributed by atoms with Crippen LogP contribution >= 0.6 is 22.9 Å². The van der Waals surface area contributed by atoms with Gasteiger partial charge in [-0.2, -0.15) is 0 Å². The largest absolute Gasteiger partial charge is 0.375 e. The summed E-state index contributed by atoms with van der Waals surface area (Å²) >= 11 is 7.72. The molecule has 0 aliphatic rings. The number of aromatic nitrogens is 2. The lowest BCUT2D eigenvalue weighted by atomic mass is 10.2. The summed E-state index contributed by atoms with van der Waals surface area (Å²) < 4.78 is 5.25. The van der Waals surface area contributed by atoms with E-state index in [1.165, 1.54) is 12.3 Å². The second-order valence-corrected chi connectivity index (χ2v) is 6.10. The molecule has 1 unspecified atom stereocenters. The number of methoxy groups -OCH3 is 1. The number of hydrogen-bond acceptors (Lipinski definition) is 6. The molecule has 0 saturated carbocycles. The van der Waals surface area contributed by atoms with Crippen LogP contribution in [0.2, 0.25) is 5.02 Å². The van der Waals surface area contributed by atoms with Gasteiger partial charge in [-0.1, -0.05) is 11.6 Å². The minimum Gasteiger partial charge on any atom is -0.375 e. The highest BCUT2D eigenvalue weighted by Crippen LogP contribution is 2.26. The summed E-state index contributed by atoms with van der Waals surface area (Å²) in [6.45, 7) is 2.50. The normalized spacial score (nSPS) is 12.2. The molecule has 2 rings (SSSR count). The van der Waals surface area contributed by atoms with Crippen LogP contribution in [0.4, 0.5) is 5.82 Å². The Morgan fingerprint density at radius 1 is 1.59 bits per heavy atom. The maximum atomic E-state index is 11.1. The summed E-state index contributed by atoms with van der Waals surface area (Å²) in [5, 5.41) is 3.28. The van der Waals surface area contributed by atoms with E-state index in [1.54, 1.807) is 18.4 Å². The van der Waals surface area contributed by atoms with Crippen LogP contribution < -0.4 is 10.6 Å². The number of carbonyl (C=O) groups excluding carboxylic acids is 1. The fourth-order valence-corrected chi connectivity index (χ4v) is 3.00. The number of hydrogen-bond donors (Lipinski definition) is 1. The molecule has 2 N–H and O–H groups in total. The monoisotopic (exact) mass is 340 g/mol. The number of halogens is 1. The van der Waals surface area contributed by atoms with Crippen molar-refractivity contribution in [1.29, 1.82) is 0 Å². The van der Waals surface area contributed by atoms with E-state index in [0.717, 1.165) is 10.7 Å². The van der Waals surface area contributed by atoms with E-state index in [9.17, 15) is 4.79 Å². The average Bonchev–Trinajstić information content (AvgIpc) is 2.94. The summed E-state index contributed by atoms with van der Waals surface area (Å²) in [6.07, 6.45) is 1.39. The highest BCUT2D eigenvalue weighted by Gasteiger charge is 2.14. The predicted octanol–water partition coefficient (Wildman–Crippen LogP) is 2.63. The van der Waals surface area contributed by atoms with E-state index in [4.69, 9.17) is 22.1 Å². The number of amides is 1. The molecular formula is C14H17ClN4O2S. The van der Waals surface area contributed by atoms with Crippen molar-refractivity contribution in [2.24, 2.45) is 5.73 Å². The number of pyridine rings is 1. The average molecular weight is 341 g/mol. The van der Waals surface area contributed by atoms with Gasteiger partial charge in [-0.3, -0.25) is 4.79 Å². The molecule has 0 aliphatic heterocycles. The lowest BCUT2D eigenvalue weighted by Gasteiger charge is -2.18. The number of nitrogens with zero attached hydrogens (tertiary/aromatic N) is 3. The zero-order chi connectivity index (χ0) is 16.3. The van der Waals surface area contributed by atoms with Gasteiger partial charge in [0, 0.05) is 25.7 Å². The van der Waals surface area contributed by atoms with E-state index in [-0.39, 0.29) is 11.7 Å². The molecule has 0 radical (unpaired) electrons. The number of carbonyl (C=O) groups is 1. The number of rotatable bonds is 6. The van der Waals surface area contributed by atoms with Crippen LogP contribution in [0.25, 0.3) is 0 Å². The molecule has 0 aliphatic carbocycles. The Kier molecular flexibility index (Phi) is 5.33. The third kappa shape index (κ3) is 3.73. The molecule has 0 aromatic carbocycles. The van der Waals surface area contributed by atoms with Gasteiger partial charge in [-0.05, 0) is 13.0 Å². The quantitative estimate of drug-likeness (QED) is 0.874. The SMILES string of the molecule is COC(C)c1nc(CN(C)c2ncc(C(N)=O)cc2Cl)cs1. The summed E-state index contributed by atoms with van der Waals surface area (Å²) in [5.74, 6) is 0.0160. The van der Waals surface area contributed by atoms with Crippen molar-refractivity contribution in [2.75, 3.05) is 19.1 Å². The van der Waals surface area contributed by atoms with E-state index >= 15 is 0 Å². The van der Waals surface area contributed by atoms with E-state index in [0.29, 0.717) is 17.4 Å². The van der Waals surface area contributed by atoms with Crippen molar-refractivity contribution >= 4 is 34.7 Å². The molecular weight excluding hydrogens is 324 g/mol. The minimum atomic E-state index is -0.554. The van der Waals surface area contributed by atoms with Crippen molar-refractivity contribution < 1.29 is 9.53 Å². The molecule has 22 heavy (non-hydrogen) atoms. The van der Waals surface area contributed by atoms with Gasteiger partial charge in [0.1, 0.15) is 16.9 Å². The molecule has 2 aromatic rings. The summed E-state index contributed by atoms with van der Waals surface area (Å²) in [5.41, 5.74) is 6.40. The van der Waals surface area contributed by atoms with Crippen molar-refractivity contribution in [3.8, 4) is 0 Å². The Hall–Kier alpha value is -1.70. The highest BCUT2D eigenvalue weighted by molar-refractivity contribution is 7.09. The van der Waals surface area contributed by atoms with Gasteiger partial charge < -0.3 is 15.4 Å². The molecule has 118 valence electrons. The summed E-state index contributed by atoms with van der Waals surface area (Å²) in [6, 6.07) is 1.52. The standard InChI is InChI=1S/C14H17ClN4O2S/c1-8(21-3)14-18-10(7-22-14)6-19(2)13-11(15)4-9(5-17-13)12(16)20/h4-5,7-8H,6H2,1-3H3,(H2,16,20). The Bertz CT molecular complexity index is 677. The molecule has 6 nitrogen and oxygen atoms in total. The van der Waals surface area contributed by atoms with Gasteiger partial charge in [0.05, 0.1) is 22.8 Å². The van der Waals surface area contributed by atoms with Crippen LogP contribution in [0, 0.1) is 0 Å². The van der Waals surface area contributed by atoms with Gasteiger partial charge in [-0.25, -0.2) is 9.97 Å². The van der Waals surface area contributed by atoms with Crippen molar-refractivity contribution in [1.82, 2.24) is 9.97 Å². The van der Waals surface area contributed by atoms with Crippen molar-refractivity contribution in [3.05, 3.63) is 38.9 Å². The Balaban J connectivity index is 2.13. The first kappa shape index (κ1) is 16.7. The molecule has 0 saturated heterocycles. The zero-order valence-corrected chi connectivity index (χ0v) is 14.1. The number of nitrogens with two attached hydrogens (primary N) is 1. The van der Waals surface area contributed by atoms with Crippen LogP contribution in [0.3, 0.4) is 0 Å². The van der Waals surface area contributed by atoms with Crippen LogP contribution in [-0.4, -0.2) is 30.0 Å². The lowest BCUT2D eigenvalue weighted by Crippen LogP contribution is -2.19. The van der Waals surface area contributed by atoms with Gasteiger partial charge in [-0.15, -0.1) is 11.3 Å². The maximum Gasteiger partial charge on any atom is 0.250 e. The zero-order valence-electron chi connectivity index (χ0n) is 12.5. The van der Waals surface area contributed by atoms with E-state index < -0.39 is 5.91 Å². The van der Waals surface area contributed by atoms with Crippen molar-refractivity contribution in [2.45, 2.75) is 19.6 Å². The van der Waals surface area contributed by atoms with Crippen molar-refractivity contribution in [3.63, 3.8) is 0 Å². The maximum absolute atomic E-state index is 11.1. The third-order valence-corrected chi connectivity index (χ3v) is 4.47. The molecule has 0 spiro atoms. The van der Waals surface area contributed by atoms with Gasteiger partial charge in [0.25, 0.3) is 0 Å². The van der Waals surface area contributed by atoms with E-state index in [1.807, 2.05) is 24.3 Å². The summed E-state index contributed by atoms with van der Waals surface area (Å²) in [7, 11) is 3.51. The van der Waals surface area contributed by atoms with Crippen LogP contribution in [0.1, 0.15) is 34.1 Å². The van der Waals surface area contributed by atoms with Crippen LogP contribution in [0.5, 0.6) is 0 Å². The number of primary amides is 1. The predicted molar refractivity (Wildman–Crippen MR) is 87.4 cm³/mol. The van der Waals surface area contributed by atoms with Crippen LogP contribution in [0.15, 0.2) is 17.6 Å². The molecule has 8 heteroatoms. The van der Waals surface area contributed by atoms with E-state index in [2.05, 4.69) is 9.97 Å². The lowest BCUT2D eigenvalue weighted by molar-refractivity contribution is 0.1000. The molecule has 1 amide bonds. The van der Waals surface area contributed by atoms with Gasteiger partial charge in [0.15, 0.2) is 0 Å². The first-order valence-electron chi connectivity index (χ1n) is 6.56. The number of thiazole rings is 1. The first-order chi connectivity index (χ1) is 10.4.